The van der Waals surface area contributed by atoms with E-state index < -0.39 is 0 Å². The van der Waals surface area contributed by atoms with Crippen LogP contribution in [0.3, 0.4) is 0 Å². The first-order chi connectivity index (χ1) is 6.27. The number of nitrogens with one attached hydrogen (secondary N) is 1. The van der Waals surface area contributed by atoms with Crippen molar-refractivity contribution >= 4 is 6.34 Å². The maximum Gasteiger partial charge on any atom is 0.0872 e. The molecule has 0 aliphatic carbocycles. The van der Waals surface area contributed by atoms with E-state index in [0.29, 0.717) is 5.92 Å². The molecule has 0 bridgehead atoms. The van der Waals surface area contributed by atoms with Gasteiger partial charge in [-0.25, -0.2) is 0 Å². The van der Waals surface area contributed by atoms with E-state index in [0.717, 1.165) is 6.54 Å². The fraction of sp³-hybridized carbons (Fsp3) is 0.545. The van der Waals surface area contributed by atoms with Gasteiger partial charge in [0.05, 0.1) is 12.9 Å². The van der Waals surface area contributed by atoms with Crippen molar-refractivity contribution in [3.05, 3.63) is 23.4 Å². The van der Waals surface area contributed by atoms with Crippen LogP contribution in [0.5, 0.6) is 0 Å². The molecule has 13 heavy (non-hydrogen) atoms. The van der Waals surface area contributed by atoms with Gasteiger partial charge in [0, 0.05) is 5.70 Å². The van der Waals surface area contributed by atoms with Gasteiger partial charge in [0.15, 0.2) is 0 Å². The topological polar surface area (TPSA) is 24.4 Å². The Labute approximate surface area is 80.4 Å². The molecule has 0 spiro atoms. The zero-order chi connectivity index (χ0) is 9.68. The predicted molar refractivity (Wildman–Crippen MR) is 57.8 cm³/mol. The summed E-state index contributed by atoms with van der Waals surface area (Å²) in [5, 5.41) is 3.15. The maximum absolute atomic E-state index is 4.20. The number of nitrogens with zero attached hydrogens (tertiary/aromatic N) is 1. The number of hydrogen-bond acceptors (Lipinski definition) is 2. The van der Waals surface area contributed by atoms with E-state index in [-0.39, 0.29) is 0 Å². The molecule has 1 atom stereocenters. The summed E-state index contributed by atoms with van der Waals surface area (Å²) >= 11 is 0. The molecule has 1 aliphatic rings. The van der Waals surface area contributed by atoms with Gasteiger partial charge in [0.2, 0.25) is 0 Å². The molecule has 0 aromatic heterocycles. The van der Waals surface area contributed by atoms with Crippen molar-refractivity contribution in [2.45, 2.75) is 27.2 Å². The van der Waals surface area contributed by atoms with E-state index in [4.69, 9.17) is 0 Å². The first-order valence-electron chi connectivity index (χ1n) is 4.90. The van der Waals surface area contributed by atoms with Crippen molar-refractivity contribution in [3.63, 3.8) is 0 Å². The summed E-state index contributed by atoms with van der Waals surface area (Å²) in [7, 11) is 0. The number of hydrogen-bond donors (Lipinski definition) is 1. The Hall–Kier alpha value is -1.05. The van der Waals surface area contributed by atoms with Gasteiger partial charge in [-0.2, -0.15) is 0 Å². The molecule has 0 aromatic carbocycles. The summed E-state index contributed by atoms with van der Waals surface area (Å²) in [5.41, 5.74) is 2.52. The molecule has 0 saturated carbocycles. The second-order valence-corrected chi connectivity index (χ2v) is 3.39. The molecule has 0 fully saturated rings. The summed E-state index contributed by atoms with van der Waals surface area (Å²) in [6, 6.07) is 0. The van der Waals surface area contributed by atoms with Crippen LogP contribution in [-0.4, -0.2) is 12.9 Å². The third-order valence-corrected chi connectivity index (χ3v) is 2.34. The van der Waals surface area contributed by atoms with Crippen molar-refractivity contribution < 1.29 is 0 Å². The molecular formula is C11H18N2. The SMILES string of the molecule is C/C=C1/NC=NC/C1=C/C(C)CC. The normalized spacial score (nSPS) is 24.8. The molecule has 1 rings (SSSR count). The fourth-order valence-corrected chi connectivity index (χ4v) is 1.31. The highest BCUT2D eigenvalue weighted by Gasteiger charge is 2.07. The van der Waals surface area contributed by atoms with Crippen LogP contribution in [0.25, 0.3) is 0 Å². The lowest BCUT2D eigenvalue weighted by molar-refractivity contribution is 0.690. The van der Waals surface area contributed by atoms with Gasteiger partial charge in [-0.3, -0.25) is 4.99 Å². The first-order valence-corrected chi connectivity index (χ1v) is 4.90. The highest BCUT2D eigenvalue weighted by atomic mass is 15.0. The molecule has 1 aliphatic heterocycles. The molecular weight excluding hydrogens is 160 g/mol. The Morgan fingerprint density at radius 2 is 2.46 bits per heavy atom. The second kappa shape index (κ2) is 4.85. The van der Waals surface area contributed by atoms with Gasteiger partial charge in [0.25, 0.3) is 0 Å². The van der Waals surface area contributed by atoms with Gasteiger partial charge < -0.3 is 5.32 Å². The summed E-state index contributed by atoms with van der Waals surface area (Å²) in [5.74, 6) is 0.639. The van der Waals surface area contributed by atoms with Crippen molar-refractivity contribution in [3.8, 4) is 0 Å². The summed E-state index contributed by atoms with van der Waals surface area (Å²) < 4.78 is 0. The van der Waals surface area contributed by atoms with Crippen LogP contribution in [0.1, 0.15) is 27.2 Å². The third-order valence-electron chi connectivity index (χ3n) is 2.34. The Bertz CT molecular complexity index is 249. The first kappa shape index (κ1) is 10.0. The van der Waals surface area contributed by atoms with E-state index in [9.17, 15) is 0 Å². The minimum Gasteiger partial charge on any atom is -0.347 e. The van der Waals surface area contributed by atoms with Crippen LogP contribution in [0.4, 0.5) is 0 Å². The summed E-state index contributed by atoms with van der Waals surface area (Å²) in [6.45, 7) is 7.30. The lowest BCUT2D eigenvalue weighted by atomic mass is 10.0. The number of allylic oxidation sites excluding steroid dienone is 2. The number of rotatable bonds is 2. The van der Waals surface area contributed by atoms with Gasteiger partial charge in [0.1, 0.15) is 0 Å². The third kappa shape index (κ3) is 2.72. The van der Waals surface area contributed by atoms with E-state index in [1.54, 1.807) is 6.34 Å². The van der Waals surface area contributed by atoms with E-state index in [1.807, 2.05) is 6.92 Å². The zero-order valence-corrected chi connectivity index (χ0v) is 8.67. The molecule has 2 heteroatoms. The Kier molecular flexibility index (Phi) is 3.74. The molecule has 72 valence electrons. The van der Waals surface area contributed by atoms with Crippen LogP contribution < -0.4 is 5.32 Å². The van der Waals surface area contributed by atoms with Crippen LogP contribution in [-0.2, 0) is 0 Å². The van der Waals surface area contributed by atoms with Crippen LogP contribution in [0.15, 0.2) is 28.4 Å². The quantitative estimate of drug-likeness (QED) is 0.690. The monoisotopic (exact) mass is 178 g/mol. The van der Waals surface area contributed by atoms with Crippen LogP contribution in [0.2, 0.25) is 0 Å². The van der Waals surface area contributed by atoms with E-state index >= 15 is 0 Å². The summed E-state index contributed by atoms with van der Waals surface area (Å²) in [4.78, 5) is 4.20. The highest BCUT2D eigenvalue weighted by molar-refractivity contribution is 5.63. The van der Waals surface area contributed by atoms with E-state index in [2.05, 4.69) is 36.3 Å². The lowest BCUT2D eigenvalue weighted by Gasteiger charge is -2.16. The molecule has 1 N–H and O–H groups in total. The average Bonchev–Trinajstić information content (AvgIpc) is 2.18. The molecule has 2 nitrogen and oxygen atoms in total. The average molecular weight is 178 g/mol. The Balaban J connectivity index is 2.77. The smallest absolute Gasteiger partial charge is 0.0872 e. The van der Waals surface area contributed by atoms with E-state index in [1.165, 1.54) is 17.7 Å². The summed E-state index contributed by atoms with van der Waals surface area (Å²) in [6.07, 6.45) is 7.35. The minimum atomic E-state index is 0.639. The van der Waals surface area contributed by atoms with Crippen LogP contribution >= 0.6 is 0 Å². The second-order valence-electron chi connectivity index (χ2n) is 3.39. The largest absolute Gasteiger partial charge is 0.347 e. The van der Waals surface area contributed by atoms with Gasteiger partial charge in [-0.15, -0.1) is 0 Å². The van der Waals surface area contributed by atoms with Crippen LogP contribution in [0, 0.1) is 5.92 Å². The predicted octanol–water partition coefficient (Wildman–Crippen LogP) is 2.49. The highest BCUT2D eigenvalue weighted by Crippen LogP contribution is 2.15. The lowest BCUT2D eigenvalue weighted by Crippen LogP contribution is -2.19. The standard InChI is InChI=1S/C11H18N2/c1-4-9(3)6-10-7-12-8-13-11(10)5-2/h5-6,8-9H,4,7H2,1-3H3,(H,12,13)/b10-6-,11-5+. The van der Waals surface area contributed by atoms with Crippen molar-refractivity contribution in [1.29, 1.82) is 0 Å². The molecule has 1 unspecified atom stereocenters. The maximum atomic E-state index is 4.20. The Morgan fingerprint density at radius 1 is 1.69 bits per heavy atom. The van der Waals surface area contributed by atoms with Crippen molar-refractivity contribution in [1.82, 2.24) is 5.32 Å². The zero-order valence-electron chi connectivity index (χ0n) is 8.67. The molecule has 0 amide bonds. The van der Waals surface area contributed by atoms with Crippen molar-refractivity contribution in [2.24, 2.45) is 10.9 Å². The Morgan fingerprint density at radius 3 is 3.08 bits per heavy atom. The number of aliphatic imine (C=N–C) groups is 1. The molecule has 1 heterocycles. The van der Waals surface area contributed by atoms with Gasteiger partial charge in [-0.1, -0.05) is 32.4 Å². The molecule has 0 aromatic rings. The van der Waals surface area contributed by atoms with Crippen molar-refractivity contribution in [2.75, 3.05) is 6.54 Å². The van der Waals surface area contributed by atoms with Gasteiger partial charge >= 0.3 is 0 Å². The molecule has 0 radical (unpaired) electrons. The minimum absolute atomic E-state index is 0.639. The fourth-order valence-electron chi connectivity index (χ4n) is 1.31. The molecule has 0 saturated heterocycles. The van der Waals surface area contributed by atoms with Gasteiger partial charge in [-0.05, 0) is 18.4 Å².